The van der Waals surface area contributed by atoms with Crippen LogP contribution in [0.1, 0.15) is 23.1 Å². The van der Waals surface area contributed by atoms with Gasteiger partial charge in [0.05, 0.1) is 0 Å². The number of aliphatic carboxylic acids is 1. The smallest absolute Gasteiger partial charge is 0.303 e. The molecule has 0 aromatic heterocycles. The molecule has 0 saturated heterocycles. The average molecular weight is 361 g/mol. The van der Waals surface area contributed by atoms with Gasteiger partial charge in [-0.3, -0.25) is 4.79 Å². The Hall–Kier alpha value is -3.11. The van der Waals surface area contributed by atoms with Gasteiger partial charge in [0.1, 0.15) is 11.5 Å². The summed E-state index contributed by atoms with van der Waals surface area (Å²) < 4.78 is 5.80. The van der Waals surface area contributed by atoms with Gasteiger partial charge >= 0.3 is 5.97 Å². The summed E-state index contributed by atoms with van der Waals surface area (Å²) in [6.45, 7) is 1.49. The molecule has 0 heterocycles. The Bertz CT molecular complexity index is 860. The lowest BCUT2D eigenvalue weighted by Crippen LogP contribution is -2.12. The third kappa shape index (κ3) is 6.28. The molecule has 3 aromatic rings. The van der Waals surface area contributed by atoms with Gasteiger partial charge in [-0.05, 0) is 47.4 Å². The minimum atomic E-state index is -0.766. The van der Waals surface area contributed by atoms with Gasteiger partial charge in [0.15, 0.2) is 0 Å². The molecule has 0 fully saturated rings. The van der Waals surface area contributed by atoms with Crippen molar-refractivity contribution in [3.8, 4) is 11.5 Å². The summed E-state index contributed by atoms with van der Waals surface area (Å²) in [5.41, 5.74) is 3.39. The van der Waals surface area contributed by atoms with Gasteiger partial charge in [-0.1, -0.05) is 54.6 Å². The molecule has 4 heteroatoms. The zero-order valence-electron chi connectivity index (χ0n) is 15.1. The summed E-state index contributed by atoms with van der Waals surface area (Å²) in [5, 5.41) is 12.2. The van der Waals surface area contributed by atoms with Crippen molar-refractivity contribution in [2.45, 2.75) is 25.9 Å². The van der Waals surface area contributed by atoms with Crippen molar-refractivity contribution >= 4 is 5.97 Å². The summed E-state index contributed by atoms with van der Waals surface area (Å²) in [6, 6.07) is 25.8. The Morgan fingerprint density at radius 3 is 2.19 bits per heavy atom. The molecule has 0 aliphatic rings. The summed E-state index contributed by atoms with van der Waals surface area (Å²) in [7, 11) is 0. The van der Waals surface area contributed by atoms with E-state index in [0.717, 1.165) is 35.7 Å². The summed E-state index contributed by atoms with van der Waals surface area (Å²) in [6.07, 6.45) is 0.723. The normalized spacial score (nSPS) is 10.5. The zero-order chi connectivity index (χ0) is 18.9. The van der Waals surface area contributed by atoms with Crippen LogP contribution in [0.25, 0.3) is 0 Å². The van der Waals surface area contributed by atoms with Crippen molar-refractivity contribution in [3.05, 3.63) is 95.6 Å². The number of carbonyl (C=O) groups is 1. The molecular formula is C23H23NO3. The van der Waals surface area contributed by atoms with Crippen LogP contribution in [0.15, 0.2) is 78.9 Å². The molecule has 0 atom stereocenters. The standard InChI is InChI=1S/C23H23NO3/c25-23(26)14-11-18-5-4-6-20(15-18)17-24-16-19-9-12-22(13-10-19)27-21-7-2-1-3-8-21/h1-10,12-13,15,24H,11,14,16-17H2,(H,25,26). The zero-order valence-corrected chi connectivity index (χ0v) is 15.1. The van der Waals surface area contributed by atoms with Gasteiger partial charge < -0.3 is 15.2 Å². The molecule has 27 heavy (non-hydrogen) atoms. The van der Waals surface area contributed by atoms with Gasteiger partial charge in [-0.2, -0.15) is 0 Å². The molecule has 2 N–H and O–H groups in total. The lowest BCUT2D eigenvalue weighted by molar-refractivity contribution is -0.136. The minimum absolute atomic E-state index is 0.161. The molecule has 0 unspecified atom stereocenters. The van der Waals surface area contributed by atoms with E-state index in [2.05, 4.69) is 23.5 Å². The van der Waals surface area contributed by atoms with E-state index in [4.69, 9.17) is 9.84 Å². The van der Waals surface area contributed by atoms with Gasteiger partial charge in [0, 0.05) is 19.5 Å². The molecular weight excluding hydrogens is 338 g/mol. The molecule has 0 saturated carbocycles. The largest absolute Gasteiger partial charge is 0.481 e. The fraction of sp³-hybridized carbons (Fsp3) is 0.174. The first-order valence-corrected chi connectivity index (χ1v) is 9.01. The molecule has 4 nitrogen and oxygen atoms in total. The number of carboxylic acid groups (broad SMARTS) is 1. The molecule has 3 aromatic carbocycles. The first-order chi connectivity index (χ1) is 13.2. The Morgan fingerprint density at radius 1 is 0.778 bits per heavy atom. The maximum atomic E-state index is 10.7. The first kappa shape index (κ1) is 18.7. The number of para-hydroxylation sites is 1. The highest BCUT2D eigenvalue weighted by atomic mass is 16.5. The van der Waals surface area contributed by atoms with Crippen molar-refractivity contribution in [3.63, 3.8) is 0 Å². The van der Waals surface area contributed by atoms with Crippen molar-refractivity contribution in [2.24, 2.45) is 0 Å². The van der Waals surface area contributed by atoms with Gasteiger partial charge in [0.2, 0.25) is 0 Å². The molecule has 0 amide bonds. The number of nitrogens with one attached hydrogen (secondary N) is 1. The van der Waals surface area contributed by atoms with E-state index in [-0.39, 0.29) is 6.42 Å². The highest BCUT2D eigenvalue weighted by Crippen LogP contribution is 2.21. The van der Waals surface area contributed by atoms with Crippen molar-refractivity contribution < 1.29 is 14.6 Å². The Kier molecular flexibility index (Phi) is 6.61. The van der Waals surface area contributed by atoms with E-state index >= 15 is 0 Å². The van der Waals surface area contributed by atoms with Gasteiger partial charge in [-0.25, -0.2) is 0 Å². The average Bonchev–Trinajstić information content (AvgIpc) is 2.69. The molecule has 0 spiro atoms. The van der Waals surface area contributed by atoms with E-state index in [1.54, 1.807) is 0 Å². The monoisotopic (exact) mass is 361 g/mol. The maximum Gasteiger partial charge on any atom is 0.303 e. The Labute approximate surface area is 159 Å². The summed E-state index contributed by atoms with van der Waals surface area (Å²) >= 11 is 0. The van der Waals surface area contributed by atoms with Crippen molar-refractivity contribution in [1.82, 2.24) is 5.32 Å². The van der Waals surface area contributed by atoms with Crippen molar-refractivity contribution in [2.75, 3.05) is 0 Å². The highest BCUT2D eigenvalue weighted by Gasteiger charge is 2.01. The van der Waals surface area contributed by atoms with Crippen LogP contribution in [0.4, 0.5) is 0 Å². The van der Waals surface area contributed by atoms with Crippen LogP contribution >= 0.6 is 0 Å². The molecule has 138 valence electrons. The SMILES string of the molecule is O=C(O)CCc1cccc(CNCc2ccc(Oc3ccccc3)cc2)c1. The molecule has 0 radical (unpaired) electrons. The third-order valence-corrected chi connectivity index (χ3v) is 4.18. The number of hydrogen-bond acceptors (Lipinski definition) is 3. The second-order valence-corrected chi connectivity index (χ2v) is 6.38. The van der Waals surface area contributed by atoms with Crippen LogP contribution in [0.5, 0.6) is 11.5 Å². The number of hydrogen-bond donors (Lipinski definition) is 2. The third-order valence-electron chi connectivity index (χ3n) is 4.18. The van der Waals surface area contributed by atoms with E-state index in [0.29, 0.717) is 6.42 Å². The number of carboxylic acids is 1. The molecule has 0 aliphatic carbocycles. The molecule has 3 rings (SSSR count). The number of rotatable bonds is 9. The second kappa shape index (κ2) is 9.55. The number of ether oxygens (including phenoxy) is 1. The second-order valence-electron chi connectivity index (χ2n) is 6.38. The predicted molar refractivity (Wildman–Crippen MR) is 106 cm³/mol. The summed E-state index contributed by atoms with van der Waals surface area (Å²) in [4.78, 5) is 10.7. The van der Waals surface area contributed by atoms with Crippen molar-refractivity contribution in [1.29, 1.82) is 0 Å². The van der Waals surface area contributed by atoms with E-state index in [1.807, 2.05) is 60.7 Å². The Balaban J connectivity index is 1.47. The maximum absolute atomic E-state index is 10.7. The van der Waals surface area contributed by atoms with Crippen LogP contribution in [-0.2, 0) is 24.3 Å². The van der Waals surface area contributed by atoms with E-state index < -0.39 is 5.97 Å². The van der Waals surface area contributed by atoms with Crippen LogP contribution in [0.3, 0.4) is 0 Å². The first-order valence-electron chi connectivity index (χ1n) is 9.01. The minimum Gasteiger partial charge on any atom is -0.481 e. The van der Waals surface area contributed by atoms with Crippen LogP contribution in [0.2, 0.25) is 0 Å². The summed E-state index contributed by atoms with van der Waals surface area (Å²) in [5.74, 6) is 0.875. The quantitative estimate of drug-likeness (QED) is 0.575. The predicted octanol–water partition coefficient (Wildman–Crippen LogP) is 4.79. The Morgan fingerprint density at radius 2 is 1.44 bits per heavy atom. The van der Waals surface area contributed by atoms with Gasteiger partial charge in [0.25, 0.3) is 0 Å². The molecule has 0 bridgehead atoms. The number of benzene rings is 3. The highest BCUT2D eigenvalue weighted by molar-refractivity contribution is 5.67. The topological polar surface area (TPSA) is 58.6 Å². The fourth-order valence-electron chi connectivity index (χ4n) is 2.80. The van der Waals surface area contributed by atoms with E-state index in [1.165, 1.54) is 5.56 Å². The lowest BCUT2D eigenvalue weighted by atomic mass is 10.1. The van der Waals surface area contributed by atoms with Gasteiger partial charge in [-0.15, -0.1) is 0 Å². The van der Waals surface area contributed by atoms with Crippen LogP contribution in [0, 0.1) is 0 Å². The lowest BCUT2D eigenvalue weighted by Gasteiger charge is -2.09. The van der Waals surface area contributed by atoms with Crippen LogP contribution < -0.4 is 10.1 Å². The molecule has 0 aliphatic heterocycles. The van der Waals surface area contributed by atoms with Crippen LogP contribution in [-0.4, -0.2) is 11.1 Å². The number of aryl methyl sites for hydroxylation is 1. The van der Waals surface area contributed by atoms with E-state index in [9.17, 15) is 4.79 Å². The fourth-order valence-corrected chi connectivity index (χ4v) is 2.80.